The van der Waals surface area contributed by atoms with Crippen LogP contribution < -0.4 is 4.90 Å². The van der Waals surface area contributed by atoms with E-state index < -0.39 is 0 Å². The maximum atomic E-state index is 12.8. The van der Waals surface area contributed by atoms with Gasteiger partial charge < -0.3 is 4.90 Å². The molecule has 0 aliphatic rings. The predicted molar refractivity (Wildman–Crippen MR) is 126 cm³/mol. The molecular weight excluding hydrogens is 354 g/mol. The molecule has 0 bridgehead atoms. The summed E-state index contributed by atoms with van der Waals surface area (Å²) in [5, 5.41) is 0. The van der Waals surface area contributed by atoms with Gasteiger partial charge in [0.25, 0.3) is 0 Å². The van der Waals surface area contributed by atoms with Crippen molar-refractivity contribution < 1.29 is 4.79 Å². The number of para-hydroxylation sites is 1. The molecule has 0 aliphatic carbocycles. The third-order valence-electron chi connectivity index (χ3n) is 5.67. The van der Waals surface area contributed by atoms with E-state index in [1.165, 1.54) is 16.9 Å². The second-order valence-electron chi connectivity index (χ2n) is 8.24. The van der Waals surface area contributed by atoms with E-state index in [-0.39, 0.29) is 11.7 Å². The predicted octanol–water partition coefficient (Wildman–Crippen LogP) is 7.39. The number of nitrogens with zero attached hydrogens (tertiary/aromatic N) is 1. The summed E-state index contributed by atoms with van der Waals surface area (Å²) in [4.78, 5) is 15.2. The minimum Gasteiger partial charge on any atom is -0.341 e. The molecule has 1 atom stereocenters. The van der Waals surface area contributed by atoms with Gasteiger partial charge in [0.1, 0.15) is 0 Å². The summed E-state index contributed by atoms with van der Waals surface area (Å²) in [6.45, 7) is 13.8. The topological polar surface area (TPSA) is 20.3 Å². The molecule has 0 saturated heterocycles. The van der Waals surface area contributed by atoms with E-state index in [0.29, 0.717) is 5.92 Å². The van der Waals surface area contributed by atoms with Crippen LogP contribution in [0.1, 0.15) is 75.9 Å². The molecule has 2 heteroatoms. The van der Waals surface area contributed by atoms with E-state index >= 15 is 0 Å². The Balaban J connectivity index is 2.46. The molecular formula is C27H37NO. The maximum Gasteiger partial charge on any atom is 0.165 e. The van der Waals surface area contributed by atoms with Crippen molar-refractivity contribution in [3.05, 3.63) is 71.3 Å². The number of rotatable bonds is 10. The minimum absolute atomic E-state index is 0.0687. The standard InChI is InChI=1S/C27H37NO/c1-7-21(6)27(29)25-16-15-23(19-22(25)8-2)26(9-3)28(18-17-20(4)5)24-13-11-10-12-14-24/h9-16,19-21H,7-8,17-18H2,1-6H3/b26-9-. The van der Waals surface area contributed by atoms with Gasteiger partial charge in [-0.15, -0.1) is 0 Å². The molecule has 2 rings (SSSR count). The highest BCUT2D eigenvalue weighted by Crippen LogP contribution is 2.29. The zero-order valence-corrected chi connectivity index (χ0v) is 19.0. The molecule has 0 aromatic heterocycles. The van der Waals surface area contributed by atoms with Crippen LogP contribution in [0, 0.1) is 11.8 Å². The van der Waals surface area contributed by atoms with E-state index in [9.17, 15) is 4.79 Å². The summed E-state index contributed by atoms with van der Waals surface area (Å²) in [5.74, 6) is 0.970. The molecule has 0 radical (unpaired) electrons. The number of carbonyl (C=O) groups excluding carboxylic acids is 1. The molecule has 0 spiro atoms. The first-order chi connectivity index (χ1) is 13.9. The Labute approximate surface area is 177 Å². The quantitative estimate of drug-likeness (QED) is 0.393. The Bertz CT molecular complexity index is 820. The van der Waals surface area contributed by atoms with Crippen LogP contribution in [0.4, 0.5) is 5.69 Å². The fourth-order valence-corrected chi connectivity index (χ4v) is 3.60. The van der Waals surface area contributed by atoms with Gasteiger partial charge >= 0.3 is 0 Å². The van der Waals surface area contributed by atoms with Gasteiger partial charge in [0.05, 0.1) is 0 Å². The minimum atomic E-state index is 0.0687. The lowest BCUT2D eigenvalue weighted by atomic mass is 9.91. The summed E-state index contributed by atoms with van der Waals surface area (Å²) in [6, 6.07) is 17.0. The fraction of sp³-hybridized carbons (Fsp3) is 0.444. The highest BCUT2D eigenvalue weighted by Gasteiger charge is 2.19. The number of carbonyl (C=O) groups is 1. The number of ketones is 1. The van der Waals surface area contributed by atoms with Crippen molar-refractivity contribution in [2.75, 3.05) is 11.4 Å². The van der Waals surface area contributed by atoms with E-state index in [1.54, 1.807) is 0 Å². The molecule has 156 valence electrons. The third kappa shape index (κ3) is 5.82. The van der Waals surface area contributed by atoms with Gasteiger partial charge in [0.15, 0.2) is 5.78 Å². The smallest absolute Gasteiger partial charge is 0.165 e. The monoisotopic (exact) mass is 391 g/mol. The molecule has 2 aromatic carbocycles. The Morgan fingerprint density at radius 2 is 1.72 bits per heavy atom. The van der Waals surface area contributed by atoms with Crippen molar-refractivity contribution in [1.29, 1.82) is 0 Å². The van der Waals surface area contributed by atoms with Crippen molar-refractivity contribution >= 4 is 17.2 Å². The lowest BCUT2D eigenvalue weighted by molar-refractivity contribution is 0.0926. The van der Waals surface area contributed by atoms with Crippen LogP contribution in [0.25, 0.3) is 5.70 Å². The summed E-state index contributed by atoms with van der Waals surface area (Å²) < 4.78 is 0. The summed E-state index contributed by atoms with van der Waals surface area (Å²) >= 11 is 0. The van der Waals surface area contributed by atoms with Crippen LogP contribution in [-0.4, -0.2) is 12.3 Å². The lowest BCUT2D eigenvalue weighted by Crippen LogP contribution is -2.24. The Morgan fingerprint density at radius 3 is 2.28 bits per heavy atom. The van der Waals surface area contributed by atoms with Gasteiger partial charge in [-0.1, -0.05) is 71.0 Å². The SMILES string of the molecule is C/C=C(/c1ccc(C(=O)C(C)CC)c(CC)c1)N(CCC(C)C)c1ccccc1. The van der Waals surface area contributed by atoms with Crippen LogP contribution in [0.15, 0.2) is 54.6 Å². The zero-order chi connectivity index (χ0) is 21.4. The number of Topliss-reactive ketones (excluding diaryl/α,β-unsaturated/α-hetero) is 1. The zero-order valence-electron chi connectivity index (χ0n) is 19.0. The van der Waals surface area contributed by atoms with Crippen LogP contribution in [0.2, 0.25) is 0 Å². The molecule has 0 heterocycles. The molecule has 0 N–H and O–H groups in total. The molecule has 29 heavy (non-hydrogen) atoms. The number of allylic oxidation sites excluding steroid dienone is 1. The van der Waals surface area contributed by atoms with Crippen LogP contribution in [0.5, 0.6) is 0 Å². The number of aryl methyl sites for hydroxylation is 1. The second kappa shape index (κ2) is 11.0. The number of anilines is 1. The van der Waals surface area contributed by atoms with Gasteiger partial charge in [-0.2, -0.15) is 0 Å². The van der Waals surface area contributed by atoms with Gasteiger partial charge in [-0.3, -0.25) is 4.79 Å². The Morgan fingerprint density at radius 1 is 1.03 bits per heavy atom. The number of benzene rings is 2. The molecule has 1 unspecified atom stereocenters. The molecule has 0 fully saturated rings. The van der Waals surface area contributed by atoms with Gasteiger partial charge in [0.2, 0.25) is 0 Å². The van der Waals surface area contributed by atoms with Crippen molar-refractivity contribution in [1.82, 2.24) is 0 Å². The molecule has 2 aromatic rings. The number of hydrogen-bond donors (Lipinski definition) is 0. The highest BCUT2D eigenvalue weighted by molar-refractivity contribution is 5.99. The summed E-state index contributed by atoms with van der Waals surface area (Å²) in [7, 11) is 0. The Hall–Kier alpha value is -2.35. The molecule has 0 saturated carbocycles. The van der Waals surface area contributed by atoms with Crippen LogP contribution in [-0.2, 0) is 6.42 Å². The molecule has 0 aliphatic heterocycles. The summed E-state index contributed by atoms with van der Waals surface area (Å²) in [6.07, 6.45) is 5.05. The van der Waals surface area contributed by atoms with Crippen molar-refractivity contribution in [3.8, 4) is 0 Å². The first kappa shape index (κ1) is 22.9. The fourth-order valence-electron chi connectivity index (χ4n) is 3.60. The highest BCUT2D eigenvalue weighted by atomic mass is 16.1. The first-order valence-corrected chi connectivity index (χ1v) is 11.1. The summed E-state index contributed by atoms with van der Waals surface area (Å²) in [5.41, 5.74) is 5.62. The van der Waals surface area contributed by atoms with E-state index in [2.05, 4.69) is 88.1 Å². The number of hydrogen-bond acceptors (Lipinski definition) is 2. The first-order valence-electron chi connectivity index (χ1n) is 11.1. The van der Waals surface area contributed by atoms with Crippen LogP contribution in [0.3, 0.4) is 0 Å². The lowest BCUT2D eigenvalue weighted by Gasteiger charge is -2.29. The van der Waals surface area contributed by atoms with Crippen LogP contribution >= 0.6 is 0 Å². The van der Waals surface area contributed by atoms with Gasteiger partial charge in [-0.25, -0.2) is 0 Å². The Kier molecular flexibility index (Phi) is 8.70. The van der Waals surface area contributed by atoms with E-state index in [0.717, 1.165) is 36.9 Å². The third-order valence-corrected chi connectivity index (χ3v) is 5.67. The van der Waals surface area contributed by atoms with Crippen molar-refractivity contribution in [2.24, 2.45) is 11.8 Å². The molecule has 0 amide bonds. The second-order valence-corrected chi connectivity index (χ2v) is 8.24. The van der Waals surface area contributed by atoms with Gasteiger partial charge in [0, 0.05) is 29.4 Å². The van der Waals surface area contributed by atoms with Crippen molar-refractivity contribution in [3.63, 3.8) is 0 Å². The maximum absolute atomic E-state index is 12.8. The van der Waals surface area contributed by atoms with Gasteiger partial charge in [-0.05, 0) is 61.4 Å². The molecule has 2 nitrogen and oxygen atoms in total. The average Bonchev–Trinajstić information content (AvgIpc) is 2.75. The van der Waals surface area contributed by atoms with E-state index in [4.69, 9.17) is 0 Å². The largest absolute Gasteiger partial charge is 0.341 e. The van der Waals surface area contributed by atoms with E-state index in [1.807, 2.05) is 13.0 Å². The normalized spacial score (nSPS) is 12.9. The average molecular weight is 392 g/mol. The van der Waals surface area contributed by atoms with Crippen molar-refractivity contribution in [2.45, 2.75) is 60.8 Å².